The number of amides is 2. The fraction of sp³-hybridized carbons (Fsp3) is 0.143. The first-order chi connectivity index (χ1) is 25.1. The molecule has 2 saturated carbocycles. The van der Waals surface area contributed by atoms with Gasteiger partial charge in [0.2, 0.25) is 11.8 Å². The Balaban J connectivity index is 1.15. The molecule has 6 aromatic rings. The number of rotatable bonds is 9. The summed E-state index contributed by atoms with van der Waals surface area (Å²) < 4.78 is 54.4. The lowest BCUT2D eigenvalue weighted by molar-refractivity contribution is -0.120. The minimum absolute atomic E-state index is 0.393. The number of alkyl halides is 4. The lowest BCUT2D eigenvalue weighted by Crippen LogP contribution is -2.17. The molecule has 0 spiro atoms. The van der Waals surface area contributed by atoms with Gasteiger partial charge in [0.05, 0.1) is 11.4 Å². The molecular formula is C42H30F4N4O2. The van der Waals surface area contributed by atoms with Crippen molar-refractivity contribution in [3.63, 3.8) is 0 Å². The van der Waals surface area contributed by atoms with E-state index >= 15 is 0 Å². The van der Waals surface area contributed by atoms with Crippen molar-refractivity contribution in [2.45, 2.75) is 24.7 Å². The number of anilines is 2. The van der Waals surface area contributed by atoms with Crippen LogP contribution in [0.4, 0.5) is 28.9 Å². The molecular weight excluding hydrogens is 668 g/mol. The molecule has 0 bridgehead atoms. The average Bonchev–Trinajstić information content (AvgIpc) is 4.03. The van der Waals surface area contributed by atoms with Gasteiger partial charge in [-0.15, -0.1) is 0 Å². The van der Waals surface area contributed by atoms with Crippen LogP contribution in [-0.2, 0) is 9.59 Å². The van der Waals surface area contributed by atoms with E-state index in [0.717, 1.165) is 33.4 Å². The van der Waals surface area contributed by atoms with Crippen molar-refractivity contribution in [2.24, 2.45) is 11.8 Å². The lowest BCUT2D eigenvalue weighted by atomic mass is 9.93. The zero-order valence-electron chi connectivity index (χ0n) is 27.5. The largest absolute Gasteiger partial charge is 0.326 e. The summed E-state index contributed by atoms with van der Waals surface area (Å²) in [4.78, 5) is 34.3. The SMILES string of the molecule is O=C(Nc1ccc(-c2ccccc2)c(-c2cc(-c3cccc(-c4ccc(NC(=O)[C@@H]5CC5(F)F)cc4-c4ccccn4)c3)ccn2)c1)[C@H]1CC1(F)F. The molecule has 2 aromatic heterocycles. The summed E-state index contributed by atoms with van der Waals surface area (Å²) in [5.41, 5.74) is 8.65. The van der Waals surface area contributed by atoms with Crippen molar-refractivity contribution in [1.29, 1.82) is 0 Å². The monoisotopic (exact) mass is 698 g/mol. The molecule has 258 valence electrons. The highest BCUT2D eigenvalue weighted by Crippen LogP contribution is 2.50. The van der Waals surface area contributed by atoms with Gasteiger partial charge in [-0.2, -0.15) is 0 Å². The Bertz CT molecular complexity index is 2330. The van der Waals surface area contributed by atoms with E-state index in [1.807, 2.05) is 91.0 Å². The van der Waals surface area contributed by atoms with E-state index in [-0.39, 0.29) is 0 Å². The first-order valence-electron chi connectivity index (χ1n) is 16.8. The van der Waals surface area contributed by atoms with Crippen molar-refractivity contribution in [2.75, 3.05) is 10.6 Å². The molecule has 52 heavy (non-hydrogen) atoms. The van der Waals surface area contributed by atoms with Crippen LogP contribution >= 0.6 is 0 Å². The van der Waals surface area contributed by atoms with E-state index < -0.39 is 48.3 Å². The Hall–Kier alpha value is -6.16. The van der Waals surface area contributed by atoms with Crippen LogP contribution in [-0.4, -0.2) is 33.6 Å². The lowest BCUT2D eigenvalue weighted by Gasteiger charge is -2.15. The Morgan fingerprint density at radius 3 is 1.62 bits per heavy atom. The van der Waals surface area contributed by atoms with Crippen LogP contribution in [0.15, 0.2) is 134 Å². The van der Waals surface area contributed by atoms with Crippen molar-refractivity contribution in [3.8, 4) is 55.9 Å². The Labute approximate surface area is 296 Å². The quantitative estimate of drug-likeness (QED) is 0.147. The van der Waals surface area contributed by atoms with Gasteiger partial charge in [-0.25, -0.2) is 17.6 Å². The van der Waals surface area contributed by atoms with Crippen LogP contribution in [0, 0.1) is 11.8 Å². The van der Waals surface area contributed by atoms with Crippen LogP contribution in [0.3, 0.4) is 0 Å². The highest BCUT2D eigenvalue weighted by molar-refractivity contribution is 5.98. The standard InChI is InChI=1S/C42H30F4N4O2/c43-41(44)23-35(41)39(51)49-29-13-15-32(33(21-29)37-11-4-5-17-47-37)28-10-6-9-26(19-28)27-16-18-48-38(20-27)34-22-30(50-40(52)36-24-42(36,45)46)12-14-31(34)25-7-2-1-3-8-25/h1-22,35-36H,23-24H2,(H,49,51)(H,50,52)/t35-,36+/m0/s1. The molecule has 2 aliphatic carbocycles. The molecule has 0 aliphatic heterocycles. The molecule has 10 heteroatoms. The van der Waals surface area contributed by atoms with E-state index in [1.54, 1.807) is 42.7 Å². The summed E-state index contributed by atoms with van der Waals surface area (Å²) in [6.45, 7) is 0. The van der Waals surface area contributed by atoms with E-state index in [2.05, 4.69) is 20.6 Å². The van der Waals surface area contributed by atoms with Crippen molar-refractivity contribution < 1.29 is 27.2 Å². The van der Waals surface area contributed by atoms with Gasteiger partial charge in [-0.05, 0) is 88.0 Å². The third kappa shape index (κ3) is 6.67. The fourth-order valence-corrected chi connectivity index (χ4v) is 6.39. The normalized spacial score (nSPS) is 17.9. The zero-order valence-corrected chi connectivity index (χ0v) is 27.5. The number of hydrogen-bond acceptors (Lipinski definition) is 4. The smallest absolute Gasteiger partial charge is 0.260 e. The highest BCUT2D eigenvalue weighted by Gasteiger charge is 2.62. The second-order valence-corrected chi connectivity index (χ2v) is 13.1. The van der Waals surface area contributed by atoms with Crippen LogP contribution in [0.1, 0.15) is 12.8 Å². The maximum Gasteiger partial charge on any atom is 0.260 e. The number of nitrogens with one attached hydrogen (secondary N) is 2. The highest BCUT2D eigenvalue weighted by atomic mass is 19.3. The number of pyridine rings is 2. The van der Waals surface area contributed by atoms with Crippen LogP contribution in [0.5, 0.6) is 0 Å². The van der Waals surface area contributed by atoms with E-state index in [4.69, 9.17) is 0 Å². The molecule has 0 unspecified atom stereocenters. The third-order valence-electron chi connectivity index (χ3n) is 9.43. The van der Waals surface area contributed by atoms with Gasteiger partial charge in [-0.3, -0.25) is 19.6 Å². The molecule has 2 amide bonds. The minimum Gasteiger partial charge on any atom is -0.326 e. The summed E-state index contributed by atoms with van der Waals surface area (Å²) >= 11 is 0. The van der Waals surface area contributed by atoms with Crippen molar-refractivity contribution >= 4 is 23.2 Å². The molecule has 6 nitrogen and oxygen atoms in total. The van der Waals surface area contributed by atoms with E-state index in [1.165, 1.54) is 0 Å². The molecule has 2 aliphatic rings. The minimum atomic E-state index is -2.98. The summed E-state index contributed by atoms with van der Waals surface area (Å²) in [5, 5.41) is 5.30. The van der Waals surface area contributed by atoms with Crippen molar-refractivity contribution in [3.05, 3.63) is 134 Å². The number of hydrogen-bond donors (Lipinski definition) is 2. The summed E-state index contributed by atoms with van der Waals surface area (Å²) in [7, 11) is 0. The fourth-order valence-electron chi connectivity index (χ4n) is 6.39. The Kier molecular flexibility index (Phi) is 8.17. The Morgan fingerprint density at radius 2 is 1.02 bits per heavy atom. The van der Waals surface area contributed by atoms with Gasteiger partial charge >= 0.3 is 0 Å². The average molecular weight is 699 g/mol. The maximum atomic E-state index is 13.6. The molecule has 2 atom stereocenters. The summed E-state index contributed by atoms with van der Waals surface area (Å²) in [5.74, 6) is -10.0. The molecule has 2 N–H and O–H groups in total. The zero-order chi connectivity index (χ0) is 36.0. The summed E-state index contributed by atoms with van der Waals surface area (Å²) in [6, 6.07) is 37.5. The first-order valence-corrected chi connectivity index (χ1v) is 16.8. The number of halogens is 4. The van der Waals surface area contributed by atoms with Crippen LogP contribution in [0.25, 0.3) is 55.9 Å². The van der Waals surface area contributed by atoms with E-state index in [0.29, 0.717) is 33.9 Å². The number of carbonyl (C=O) groups is 2. The van der Waals surface area contributed by atoms with Crippen LogP contribution < -0.4 is 10.6 Å². The van der Waals surface area contributed by atoms with Gasteiger partial charge in [0.25, 0.3) is 11.8 Å². The topological polar surface area (TPSA) is 84.0 Å². The molecule has 2 fully saturated rings. The maximum absolute atomic E-state index is 13.6. The van der Waals surface area contributed by atoms with Crippen LogP contribution in [0.2, 0.25) is 0 Å². The second kappa shape index (κ2) is 12.9. The Morgan fingerprint density at radius 1 is 0.500 bits per heavy atom. The third-order valence-corrected chi connectivity index (χ3v) is 9.43. The molecule has 8 rings (SSSR count). The second-order valence-electron chi connectivity index (χ2n) is 13.1. The molecule has 4 aromatic carbocycles. The van der Waals surface area contributed by atoms with Gasteiger partial charge in [0.15, 0.2) is 0 Å². The van der Waals surface area contributed by atoms with Gasteiger partial charge in [0.1, 0.15) is 11.8 Å². The predicted octanol–water partition coefficient (Wildman–Crippen LogP) is 10.00. The number of nitrogens with zero attached hydrogens (tertiary/aromatic N) is 2. The molecule has 0 saturated heterocycles. The van der Waals surface area contributed by atoms with E-state index in [9.17, 15) is 27.2 Å². The number of aromatic nitrogens is 2. The van der Waals surface area contributed by atoms with Gasteiger partial charge in [-0.1, -0.05) is 66.7 Å². The molecule has 2 heterocycles. The van der Waals surface area contributed by atoms with Gasteiger partial charge in [0, 0.05) is 47.7 Å². The number of benzene rings is 4. The number of carbonyl (C=O) groups excluding carboxylic acids is 2. The van der Waals surface area contributed by atoms with Crippen molar-refractivity contribution in [1.82, 2.24) is 9.97 Å². The summed E-state index contributed by atoms with van der Waals surface area (Å²) in [6.07, 6.45) is 2.45. The first kappa shape index (κ1) is 33.0. The molecule has 0 radical (unpaired) electrons. The predicted molar refractivity (Wildman–Crippen MR) is 193 cm³/mol. The van der Waals surface area contributed by atoms with Gasteiger partial charge < -0.3 is 10.6 Å².